The van der Waals surface area contributed by atoms with Crippen molar-refractivity contribution in [3.63, 3.8) is 0 Å². The first-order valence-corrected chi connectivity index (χ1v) is 15.6. The topological polar surface area (TPSA) is 107 Å². The van der Waals surface area contributed by atoms with E-state index < -0.39 is 15.9 Å². The van der Waals surface area contributed by atoms with Crippen molar-refractivity contribution in [1.82, 2.24) is 9.47 Å². The van der Waals surface area contributed by atoms with Crippen LogP contribution < -0.4 is 10.5 Å². The lowest BCUT2D eigenvalue weighted by Crippen LogP contribution is -2.38. The predicted octanol–water partition coefficient (Wildman–Crippen LogP) is 5.24. The van der Waals surface area contributed by atoms with Crippen molar-refractivity contribution < 1.29 is 17.9 Å². The van der Waals surface area contributed by atoms with E-state index in [1.54, 1.807) is 24.3 Å². The first-order chi connectivity index (χ1) is 20.0. The summed E-state index contributed by atoms with van der Waals surface area (Å²) in [5.74, 6) is -0.537. The van der Waals surface area contributed by atoms with Crippen molar-refractivity contribution in [1.29, 1.82) is 0 Å². The Hall–Kier alpha value is -3.92. The second-order valence-corrected chi connectivity index (χ2v) is 13.3. The Morgan fingerprint density at radius 1 is 0.976 bits per heavy atom. The summed E-state index contributed by atoms with van der Waals surface area (Å²) in [5, 5.41) is 0.871. The van der Waals surface area contributed by atoms with Crippen LogP contribution in [0.3, 0.4) is 0 Å². The fourth-order valence-electron chi connectivity index (χ4n) is 5.34. The number of nitrogens with two attached hydrogens (primary N) is 1. The van der Waals surface area contributed by atoms with Crippen LogP contribution in [0.4, 0.5) is 5.69 Å². The van der Waals surface area contributed by atoms with Gasteiger partial charge in [0.15, 0.2) is 0 Å². The highest BCUT2D eigenvalue weighted by atomic mass is 32.2. The molecule has 0 unspecified atom stereocenters. The highest BCUT2D eigenvalue weighted by molar-refractivity contribution is 7.92. The van der Waals surface area contributed by atoms with Gasteiger partial charge in [-0.25, -0.2) is 8.42 Å². The normalized spacial score (nSPS) is 14.9. The lowest BCUT2D eigenvalue weighted by molar-refractivity contribution is -0.113. The van der Waals surface area contributed by atoms with Gasteiger partial charge in [-0.05, 0) is 52.9 Å². The van der Waals surface area contributed by atoms with Gasteiger partial charge in [0, 0.05) is 60.1 Å². The largest absolute Gasteiger partial charge is 0.379 e. The molecule has 3 aromatic carbocycles. The average Bonchev–Trinajstić information content (AvgIpc) is 3.27. The molecule has 0 saturated carbocycles. The number of sulfonamides is 1. The molecule has 1 aliphatic rings. The Morgan fingerprint density at radius 2 is 1.67 bits per heavy atom. The number of anilines is 1. The summed E-state index contributed by atoms with van der Waals surface area (Å²) in [7, 11) is -3.82. The van der Waals surface area contributed by atoms with Crippen LogP contribution in [-0.2, 0) is 31.5 Å². The SMILES string of the molecule is CC(C)(C)c1ccc(S(=O)(=O)Nc2ccc3c(c2)c(-c2ccccc2)c(/C=C/C(N)=O)n3CCN2CCOCC2)cc1. The van der Waals surface area contributed by atoms with Crippen molar-refractivity contribution >= 4 is 38.6 Å². The van der Waals surface area contributed by atoms with E-state index in [0.29, 0.717) is 25.4 Å². The van der Waals surface area contributed by atoms with Gasteiger partial charge in [-0.15, -0.1) is 0 Å². The first kappa shape index (κ1) is 29.6. The van der Waals surface area contributed by atoms with E-state index in [2.05, 4.69) is 35.0 Å². The van der Waals surface area contributed by atoms with Crippen molar-refractivity contribution in [2.24, 2.45) is 5.73 Å². The Labute approximate surface area is 247 Å². The molecule has 0 bridgehead atoms. The molecule has 42 heavy (non-hydrogen) atoms. The fourth-order valence-corrected chi connectivity index (χ4v) is 6.39. The maximum absolute atomic E-state index is 13.4. The predicted molar refractivity (Wildman–Crippen MR) is 169 cm³/mol. The highest BCUT2D eigenvalue weighted by Crippen LogP contribution is 2.38. The molecule has 0 aliphatic carbocycles. The molecule has 2 heterocycles. The standard InChI is InChI=1S/C33H38N4O4S/c1-33(2,3)25-9-12-27(13-10-25)42(39,40)35-26-11-14-29-28(23-26)32(24-7-5-4-6-8-24)30(15-16-31(34)38)37(29)18-17-36-19-21-41-22-20-36/h4-16,23,35H,17-22H2,1-3H3,(H2,34,38)/b16-15+. The van der Waals surface area contributed by atoms with Crippen LogP contribution in [-0.4, -0.2) is 56.6 Å². The number of benzene rings is 3. The second-order valence-electron chi connectivity index (χ2n) is 11.6. The maximum atomic E-state index is 13.4. The number of primary amides is 1. The number of ether oxygens (including phenoxy) is 1. The minimum Gasteiger partial charge on any atom is -0.379 e. The van der Waals surface area contributed by atoms with Crippen LogP contribution in [0.25, 0.3) is 28.1 Å². The monoisotopic (exact) mass is 586 g/mol. The van der Waals surface area contributed by atoms with Gasteiger partial charge < -0.3 is 15.0 Å². The number of morpholine rings is 1. The molecule has 0 radical (unpaired) electrons. The third-order valence-corrected chi connectivity index (χ3v) is 9.00. The molecular formula is C33H38N4O4S. The van der Waals surface area contributed by atoms with Crippen LogP contribution in [0, 0.1) is 0 Å². The molecular weight excluding hydrogens is 548 g/mol. The molecule has 9 heteroatoms. The van der Waals surface area contributed by atoms with Crippen LogP contribution in [0.1, 0.15) is 32.0 Å². The number of nitrogens with one attached hydrogen (secondary N) is 1. The van der Waals surface area contributed by atoms with E-state index in [0.717, 1.165) is 52.9 Å². The fraction of sp³-hybridized carbons (Fsp3) is 0.303. The summed E-state index contributed by atoms with van der Waals surface area (Å²) in [6.45, 7) is 10.9. The summed E-state index contributed by atoms with van der Waals surface area (Å²) >= 11 is 0. The Bertz CT molecular complexity index is 1700. The minimum atomic E-state index is -3.82. The molecule has 5 rings (SSSR count). The number of fused-ring (bicyclic) bond motifs is 1. The molecule has 0 spiro atoms. The van der Waals surface area contributed by atoms with E-state index >= 15 is 0 Å². The van der Waals surface area contributed by atoms with Gasteiger partial charge in [-0.3, -0.25) is 14.4 Å². The molecule has 3 N–H and O–H groups in total. The minimum absolute atomic E-state index is 0.0792. The lowest BCUT2D eigenvalue weighted by Gasteiger charge is -2.27. The van der Waals surface area contributed by atoms with Crippen molar-refractivity contribution in [2.45, 2.75) is 37.6 Å². The number of carbonyl (C=O) groups is 1. The molecule has 220 valence electrons. The van der Waals surface area contributed by atoms with Gasteiger partial charge in [0.1, 0.15) is 0 Å². The van der Waals surface area contributed by atoms with Gasteiger partial charge in [0.2, 0.25) is 5.91 Å². The maximum Gasteiger partial charge on any atom is 0.261 e. The number of carbonyl (C=O) groups excluding carboxylic acids is 1. The third kappa shape index (κ3) is 6.59. The lowest BCUT2D eigenvalue weighted by atomic mass is 9.87. The Balaban J connectivity index is 1.58. The second kappa shape index (κ2) is 12.1. The van der Waals surface area contributed by atoms with Crippen molar-refractivity contribution in [3.05, 3.63) is 90.1 Å². The molecule has 4 aromatic rings. The van der Waals surface area contributed by atoms with Crippen molar-refractivity contribution in [2.75, 3.05) is 37.6 Å². The van der Waals surface area contributed by atoms with Crippen LogP contribution in [0.2, 0.25) is 0 Å². The number of nitrogens with zero attached hydrogens (tertiary/aromatic N) is 2. The van der Waals surface area contributed by atoms with E-state index in [9.17, 15) is 13.2 Å². The van der Waals surface area contributed by atoms with E-state index in [4.69, 9.17) is 10.5 Å². The van der Waals surface area contributed by atoms with Gasteiger partial charge in [0.25, 0.3) is 10.0 Å². The average molecular weight is 587 g/mol. The molecule has 1 amide bonds. The summed E-state index contributed by atoms with van der Waals surface area (Å²) in [6.07, 6.45) is 3.13. The summed E-state index contributed by atoms with van der Waals surface area (Å²) < 4.78 is 37.2. The van der Waals surface area contributed by atoms with Crippen LogP contribution in [0.15, 0.2) is 83.8 Å². The van der Waals surface area contributed by atoms with Crippen molar-refractivity contribution in [3.8, 4) is 11.1 Å². The number of aromatic nitrogens is 1. The number of hydrogen-bond donors (Lipinski definition) is 2. The zero-order valence-corrected chi connectivity index (χ0v) is 25.2. The zero-order chi connectivity index (χ0) is 29.9. The van der Waals surface area contributed by atoms with Gasteiger partial charge in [-0.1, -0.05) is 63.2 Å². The van der Waals surface area contributed by atoms with Gasteiger partial charge in [-0.2, -0.15) is 0 Å². The van der Waals surface area contributed by atoms with Crippen LogP contribution in [0.5, 0.6) is 0 Å². The molecule has 0 atom stereocenters. The number of amides is 1. The molecule has 8 nitrogen and oxygen atoms in total. The molecule has 1 aromatic heterocycles. The number of hydrogen-bond acceptors (Lipinski definition) is 5. The third-order valence-electron chi connectivity index (χ3n) is 7.60. The Kier molecular flexibility index (Phi) is 8.54. The zero-order valence-electron chi connectivity index (χ0n) is 24.3. The van der Waals surface area contributed by atoms with Gasteiger partial charge >= 0.3 is 0 Å². The van der Waals surface area contributed by atoms with E-state index in [-0.39, 0.29) is 10.3 Å². The smallest absolute Gasteiger partial charge is 0.261 e. The summed E-state index contributed by atoms with van der Waals surface area (Å²) in [4.78, 5) is 14.4. The molecule has 1 fully saturated rings. The number of rotatable bonds is 9. The molecule has 1 saturated heterocycles. The Morgan fingerprint density at radius 3 is 2.31 bits per heavy atom. The summed E-state index contributed by atoms with van der Waals surface area (Å²) in [6, 6.07) is 22.5. The highest BCUT2D eigenvalue weighted by Gasteiger charge is 2.22. The van der Waals surface area contributed by atoms with E-state index in [1.165, 1.54) is 6.08 Å². The van der Waals surface area contributed by atoms with E-state index in [1.807, 2.05) is 54.6 Å². The summed E-state index contributed by atoms with van der Waals surface area (Å²) in [5.41, 5.74) is 10.6. The van der Waals surface area contributed by atoms with Gasteiger partial charge in [0.05, 0.1) is 18.1 Å². The van der Waals surface area contributed by atoms with Crippen LogP contribution >= 0.6 is 0 Å². The molecule has 1 aliphatic heterocycles. The quantitative estimate of drug-likeness (QED) is 0.261. The first-order valence-electron chi connectivity index (χ1n) is 14.2.